The molecule has 0 spiro atoms. The monoisotopic (exact) mass is 218 g/mol. The summed E-state index contributed by atoms with van der Waals surface area (Å²) in [5.41, 5.74) is 1.14. The first-order valence-corrected chi connectivity index (χ1v) is 5.36. The number of benzene rings is 1. The fourth-order valence-electron chi connectivity index (χ4n) is 1.57. The van der Waals surface area contributed by atoms with Crippen LogP contribution in [-0.4, -0.2) is 19.8 Å². The molecule has 0 saturated carbocycles. The molecular weight excluding hydrogens is 204 g/mol. The Morgan fingerprint density at radius 1 is 1.25 bits per heavy atom. The van der Waals surface area contributed by atoms with Gasteiger partial charge in [-0.3, -0.25) is 0 Å². The van der Waals surface area contributed by atoms with Gasteiger partial charge in [-0.25, -0.2) is 0 Å². The van der Waals surface area contributed by atoms with E-state index in [-0.39, 0.29) is 0 Å². The molecule has 0 aliphatic carbocycles. The topological polar surface area (TPSA) is 54.3 Å². The molecule has 84 valence electrons. The smallest absolute Gasteiger partial charge is 0.161 e. The highest BCUT2D eigenvalue weighted by Crippen LogP contribution is 2.30. The van der Waals surface area contributed by atoms with Gasteiger partial charge in [-0.15, -0.1) is 0 Å². The van der Waals surface area contributed by atoms with Crippen LogP contribution in [0.25, 0.3) is 0 Å². The quantitative estimate of drug-likeness (QED) is 0.777. The SMILES string of the molecule is N#CCCNCc1ccc2c(c1)OCCO2. The van der Waals surface area contributed by atoms with E-state index >= 15 is 0 Å². The Labute approximate surface area is 94.8 Å². The van der Waals surface area contributed by atoms with E-state index < -0.39 is 0 Å². The van der Waals surface area contributed by atoms with Crippen LogP contribution in [0.4, 0.5) is 0 Å². The molecule has 16 heavy (non-hydrogen) atoms. The van der Waals surface area contributed by atoms with Gasteiger partial charge in [-0.05, 0) is 17.7 Å². The largest absolute Gasteiger partial charge is 0.486 e. The molecule has 1 heterocycles. The number of nitriles is 1. The number of fused-ring (bicyclic) bond motifs is 1. The number of hydrogen-bond donors (Lipinski definition) is 1. The lowest BCUT2D eigenvalue weighted by atomic mass is 10.2. The summed E-state index contributed by atoms with van der Waals surface area (Å²) in [7, 11) is 0. The molecule has 4 heteroatoms. The maximum Gasteiger partial charge on any atom is 0.161 e. The van der Waals surface area contributed by atoms with Crippen molar-refractivity contribution >= 4 is 0 Å². The Balaban J connectivity index is 1.93. The minimum atomic E-state index is 0.532. The highest BCUT2D eigenvalue weighted by molar-refractivity contribution is 5.43. The zero-order chi connectivity index (χ0) is 11.2. The fraction of sp³-hybridized carbons (Fsp3) is 0.417. The fourth-order valence-corrected chi connectivity index (χ4v) is 1.57. The average molecular weight is 218 g/mol. The second kappa shape index (κ2) is 5.38. The van der Waals surface area contributed by atoms with E-state index in [4.69, 9.17) is 14.7 Å². The van der Waals surface area contributed by atoms with Crippen LogP contribution in [0, 0.1) is 11.3 Å². The van der Waals surface area contributed by atoms with Gasteiger partial charge >= 0.3 is 0 Å². The van der Waals surface area contributed by atoms with Crippen molar-refractivity contribution in [3.63, 3.8) is 0 Å². The van der Waals surface area contributed by atoms with Gasteiger partial charge in [-0.2, -0.15) is 5.26 Å². The van der Waals surface area contributed by atoms with E-state index in [0.717, 1.165) is 23.6 Å². The molecule has 0 bridgehead atoms. The number of ether oxygens (including phenoxy) is 2. The van der Waals surface area contributed by atoms with Gasteiger partial charge in [-0.1, -0.05) is 6.07 Å². The number of rotatable bonds is 4. The van der Waals surface area contributed by atoms with Crippen LogP contribution in [0.3, 0.4) is 0 Å². The molecule has 1 N–H and O–H groups in total. The highest BCUT2D eigenvalue weighted by atomic mass is 16.6. The van der Waals surface area contributed by atoms with Crippen LogP contribution in [-0.2, 0) is 6.54 Å². The maximum atomic E-state index is 8.40. The van der Waals surface area contributed by atoms with Crippen LogP contribution < -0.4 is 14.8 Å². The molecule has 0 unspecified atom stereocenters. The van der Waals surface area contributed by atoms with Crippen molar-refractivity contribution in [2.75, 3.05) is 19.8 Å². The van der Waals surface area contributed by atoms with Crippen LogP contribution >= 0.6 is 0 Å². The Bertz CT molecular complexity index is 398. The van der Waals surface area contributed by atoms with Gasteiger partial charge in [0.15, 0.2) is 11.5 Å². The summed E-state index contributed by atoms with van der Waals surface area (Å²) in [5.74, 6) is 1.62. The summed E-state index contributed by atoms with van der Waals surface area (Å²) < 4.78 is 10.9. The molecule has 1 aliphatic rings. The first-order valence-electron chi connectivity index (χ1n) is 5.36. The third-order valence-electron chi connectivity index (χ3n) is 2.35. The van der Waals surface area contributed by atoms with Crippen molar-refractivity contribution in [2.45, 2.75) is 13.0 Å². The van der Waals surface area contributed by atoms with Crippen LogP contribution in [0.1, 0.15) is 12.0 Å². The summed E-state index contributed by atoms with van der Waals surface area (Å²) in [6.45, 7) is 2.69. The predicted octanol–water partition coefficient (Wildman–Crippen LogP) is 1.46. The summed E-state index contributed by atoms with van der Waals surface area (Å²) in [6, 6.07) is 8.01. The molecule has 0 atom stereocenters. The van der Waals surface area contributed by atoms with E-state index in [1.807, 2.05) is 18.2 Å². The molecule has 1 aromatic rings. The number of nitrogens with zero attached hydrogens (tertiary/aromatic N) is 1. The standard InChI is InChI=1S/C12H14N2O2/c13-4-1-5-14-9-10-2-3-11-12(8-10)16-7-6-15-11/h2-3,8,14H,1,5-7,9H2. The first kappa shape index (κ1) is 10.8. The molecule has 1 aliphatic heterocycles. The molecule has 0 saturated heterocycles. The van der Waals surface area contributed by atoms with Crippen molar-refractivity contribution in [3.8, 4) is 17.6 Å². The lowest BCUT2D eigenvalue weighted by Gasteiger charge is -2.18. The van der Waals surface area contributed by atoms with Crippen molar-refractivity contribution in [2.24, 2.45) is 0 Å². The molecule has 0 radical (unpaired) electrons. The molecule has 2 rings (SSSR count). The summed E-state index contributed by atoms with van der Waals surface area (Å²) in [6.07, 6.45) is 0.532. The van der Waals surface area contributed by atoms with Gasteiger partial charge in [0.05, 0.1) is 6.07 Å². The number of nitrogens with one attached hydrogen (secondary N) is 1. The van der Waals surface area contributed by atoms with Crippen LogP contribution in [0.2, 0.25) is 0 Å². The van der Waals surface area contributed by atoms with E-state index in [2.05, 4.69) is 11.4 Å². The van der Waals surface area contributed by atoms with Gasteiger partial charge in [0.1, 0.15) is 13.2 Å². The third-order valence-corrected chi connectivity index (χ3v) is 2.35. The Hall–Kier alpha value is -1.73. The Morgan fingerprint density at radius 2 is 2.06 bits per heavy atom. The highest BCUT2D eigenvalue weighted by Gasteiger charge is 2.11. The van der Waals surface area contributed by atoms with Crippen molar-refractivity contribution in [3.05, 3.63) is 23.8 Å². The second-order valence-corrected chi connectivity index (χ2v) is 3.56. The minimum absolute atomic E-state index is 0.532. The zero-order valence-corrected chi connectivity index (χ0v) is 9.03. The molecular formula is C12H14N2O2. The number of hydrogen-bond acceptors (Lipinski definition) is 4. The normalized spacial score (nSPS) is 13.2. The molecule has 0 fully saturated rings. The predicted molar refractivity (Wildman–Crippen MR) is 59.4 cm³/mol. The molecule has 0 amide bonds. The lowest BCUT2D eigenvalue weighted by molar-refractivity contribution is 0.171. The summed E-state index contributed by atoms with van der Waals surface area (Å²) in [4.78, 5) is 0. The van der Waals surface area contributed by atoms with E-state index in [0.29, 0.717) is 26.2 Å². The third kappa shape index (κ3) is 2.65. The van der Waals surface area contributed by atoms with Gasteiger partial charge in [0.25, 0.3) is 0 Å². The van der Waals surface area contributed by atoms with E-state index in [1.54, 1.807) is 0 Å². The van der Waals surface area contributed by atoms with Crippen molar-refractivity contribution < 1.29 is 9.47 Å². The summed E-state index contributed by atoms with van der Waals surface area (Å²) in [5, 5.41) is 11.6. The summed E-state index contributed by atoms with van der Waals surface area (Å²) >= 11 is 0. The molecule has 1 aromatic carbocycles. The molecule has 0 aromatic heterocycles. The average Bonchev–Trinajstić information content (AvgIpc) is 2.34. The van der Waals surface area contributed by atoms with Crippen LogP contribution in [0.15, 0.2) is 18.2 Å². The molecule has 4 nitrogen and oxygen atoms in total. The Kier molecular flexibility index (Phi) is 3.62. The van der Waals surface area contributed by atoms with Crippen LogP contribution in [0.5, 0.6) is 11.5 Å². The van der Waals surface area contributed by atoms with Crippen molar-refractivity contribution in [1.29, 1.82) is 5.26 Å². The van der Waals surface area contributed by atoms with E-state index in [1.165, 1.54) is 0 Å². The van der Waals surface area contributed by atoms with E-state index in [9.17, 15) is 0 Å². The van der Waals surface area contributed by atoms with Crippen molar-refractivity contribution in [1.82, 2.24) is 5.32 Å². The van der Waals surface area contributed by atoms with Gasteiger partial charge < -0.3 is 14.8 Å². The minimum Gasteiger partial charge on any atom is -0.486 e. The maximum absolute atomic E-state index is 8.40. The van der Waals surface area contributed by atoms with Gasteiger partial charge in [0.2, 0.25) is 0 Å². The first-order chi connectivity index (χ1) is 7.90. The van der Waals surface area contributed by atoms with Gasteiger partial charge in [0, 0.05) is 19.5 Å². The zero-order valence-electron chi connectivity index (χ0n) is 9.03. The second-order valence-electron chi connectivity index (χ2n) is 3.56. The lowest BCUT2D eigenvalue weighted by Crippen LogP contribution is -2.17. The Morgan fingerprint density at radius 3 is 2.88 bits per heavy atom.